The minimum atomic E-state index is -0.808. The molecule has 98 valence electrons. The number of hydrogen-bond donors (Lipinski definition) is 0. The van der Waals surface area contributed by atoms with Crippen molar-refractivity contribution in [3.8, 4) is 0 Å². The van der Waals surface area contributed by atoms with Gasteiger partial charge >= 0.3 is 11.9 Å². The highest BCUT2D eigenvalue weighted by Crippen LogP contribution is 2.31. The van der Waals surface area contributed by atoms with Crippen LogP contribution in [0.25, 0.3) is 0 Å². The summed E-state index contributed by atoms with van der Waals surface area (Å²) in [5, 5.41) is 0. The molecule has 0 spiro atoms. The molecule has 1 rings (SSSR count). The average molecular weight is 246 g/mol. The molecule has 0 aromatic rings. The van der Waals surface area contributed by atoms with Crippen LogP contribution in [0.2, 0.25) is 0 Å². The Labute approximate surface area is 100 Å². The summed E-state index contributed by atoms with van der Waals surface area (Å²) in [4.78, 5) is 22.4. The Morgan fingerprint density at radius 3 is 1.65 bits per heavy atom. The van der Waals surface area contributed by atoms with Crippen molar-refractivity contribution in [3.63, 3.8) is 0 Å². The number of ether oxygens (including phenoxy) is 4. The Kier molecular flexibility index (Phi) is 4.47. The summed E-state index contributed by atoms with van der Waals surface area (Å²) in [5.74, 6) is -1.60. The molecule has 0 aromatic heterocycles. The van der Waals surface area contributed by atoms with Gasteiger partial charge in [-0.1, -0.05) is 0 Å². The standard InChI is InChI=1S/C11H18O6/c1-11(2)16-7(5-9(12)14-3)8(17-11)6-10(13)15-4/h7-8H,5-6H2,1-4H3/t7-,8-/m1/s1. The molecule has 0 unspecified atom stereocenters. The first-order valence-electron chi connectivity index (χ1n) is 5.37. The fraction of sp³-hybridized carbons (Fsp3) is 0.818. The van der Waals surface area contributed by atoms with Crippen molar-refractivity contribution in [1.82, 2.24) is 0 Å². The Morgan fingerprint density at radius 1 is 1.00 bits per heavy atom. The van der Waals surface area contributed by atoms with Crippen molar-refractivity contribution >= 4 is 11.9 Å². The van der Waals surface area contributed by atoms with Crippen LogP contribution in [0.5, 0.6) is 0 Å². The minimum Gasteiger partial charge on any atom is -0.469 e. The van der Waals surface area contributed by atoms with Gasteiger partial charge in [0.1, 0.15) is 0 Å². The molecule has 1 saturated heterocycles. The van der Waals surface area contributed by atoms with Gasteiger partial charge in [0.25, 0.3) is 0 Å². The fourth-order valence-electron chi connectivity index (χ4n) is 1.75. The lowest BCUT2D eigenvalue weighted by Crippen LogP contribution is -2.28. The molecule has 0 bridgehead atoms. The summed E-state index contributed by atoms with van der Waals surface area (Å²) in [6.07, 6.45) is -0.864. The summed E-state index contributed by atoms with van der Waals surface area (Å²) < 4.78 is 20.2. The van der Waals surface area contributed by atoms with Crippen molar-refractivity contribution in [2.75, 3.05) is 14.2 Å². The van der Waals surface area contributed by atoms with Crippen LogP contribution in [-0.2, 0) is 28.5 Å². The quantitative estimate of drug-likeness (QED) is 0.678. The summed E-state index contributed by atoms with van der Waals surface area (Å²) >= 11 is 0. The van der Waals surface area contributed by atoms with Crippen LogP contribution in [0.3, 0.4) is 0 Å². The predicted octanol–water partition coefficient (Wildman–Crippen LogP) is 0.633. The first-order chi connectivity index (χ1) is 7.88. The van der Waals surface area contributed by atoms with E-state index in [-0.39, 0.29) is 12.8 Å². The summed E-state index contributed by atoms with van der Waals surface area (Å²) in [7, 11) is 2.61. The van der Waals surface area contributed by atoms with E-state index in [1.165, 1.54) is 14.2 Å². The molecule has 0 N–H and O–H groups in total. The zero-order chi connectivity index (χ0) is 13.1. The smallest absolute Gasteiger partial charge is 0.308 e. The van der Waals surface area contributed by atoms with Gasteiger partial charge in [-0.3, -0.25) is 9.59 Å². The third-order valence-electron chi connectivity index (χ3n) is 2.48. The Bertz CT molecular complexity index is 270. The zero-order valence-corrected chi connectivity index (χ0v) is 10.5. The van der Waals surface area contributed by atoms with Crippen molar-refractivity contribution in [2.45, 2.75) is 44.7 Å². The molecule has 17 heavy (non-hydrogen) atoms. The molecule has 1 aliphatic heterocycles. The molecule has 0 aromatic carbocycles. The van der Waals surface area contributed by atoms with E-state index < -0.39 is 29.9 Å². The van der Waals surface area contributed by atoms with Crippen LogP contribution in [0.4, 0.5) is 0 Å². The molecular formula is C11H18O6. The van der Waals surface area contributed by atoms with Gasteiger partial charge in [-0.05, 0) is 13.8 Å². The van der Waals surface area contributed by atoms with E-state index in [4.69, 9.17) is 9.47 Å². The molecule has 0 saturated carbocycles. The predicted molar refractivity (Wildman–Crippen MR) is 57.1 cm³/mol. The maximum atomic E-state index is 11.2. The van der Waals surface area contributed by atoms with Crippen molar-refractivity contribution < 1.29 is 28.5 Å². The first-order valence-corrected chi connectivity index (χ1v) is 5.37. The fourth-order valence-corrected chi connectivity index (χ4v) is 1.75. The Balaban J connectivity index is 2.64. The van der Waals surface area contributed by atoms with Gasteiger partial charge in [0, 0.05) is 0 Å². The van der Waals surface area contributed by atoms with Crippen LogP contribution in [0.1, 0.15) is 26.7 Å². The highest BCUT2D eigenvalue weighted by Gasteiger charge is 2.43. The first kappa shape index (κ1) is 13.9. The van der Waals surface area contributed by atoms with Gasteiger partial charge < -0.3 is 18.9 Å². The maximum Gasteiger partial charge on any atom is 0.308 e. The SMILES string of the molecule is COC(=O)C[C@H]1OC(C)(C)O[C@@H]1CC(=O)OC. The van der Waals surface area contributed by atoms with E-state index in [9.17, 15) is 9.59 Å². The van der Waals surface area contributed by atoms with E-state index in [1.807, 2.05) is 0 Å². The molecule has 0 aliphatic carbocycles. The number of methoxy groups -OCH3 is 2. The van der Waals surface area contributed by atoms with E-state index in [2.05, 4.69) is 9.47 Å². The lowest BCUT2D eigenvalue weighted by Gasteiger charge is -2.16. The highest BCUT2D eigenvalue weighted by molar-refractivity contribution is 5.71. The highest BCUT2D eigenvalue weighted by atomic mass is 16.8. The minimum absolute atomic E-state index is 0.0571. The second kappa shape index (κ2) is 5.46. The monoisotopic (exact) mass is 246 g/mol. The van der Waals surface area contributed by atoms with Crippen LogP contribution in [0.15, 0.2) is 0 Å². The molecule has 6 nitrogen and oxygen atoms in total. The van der Waals surface area contributed by atoms with Gasteiger partial charge in [-0.25, -0.2) is 0 Å². The zero-order valence-electron chi connectivity index (χ0n) is 10.5. The van der Waals surface area contributed by atoms with Crippen molar-refractivity contribution in [2.24, 2.45) is 0 Å². The molecular weight excluding hydrogens is 228 g/mol. The van der Waals surface area contributed by atoms with Crippen LogP contribution in [-0.4, -0.2) is 44.2 Å². The molecule has 1 fully saturated rings. The molecule has 2 atom stereocenters. The average Bonchev–Trinajstić information content (AvgIpc) is 2.52. The van der Waals surface area contributed by atoms with Gasteiger partial charge in [-0.15, -0.1) is 0 Å². The molecule has 1 aliphatic rings. The number of rotatable bonds is 4. The van der Waals surface area contributed by atoms with Crippen molar-refractivity contribution in [1.29, 1.82) is 0 Å². The maximum absolute atomic E-state index is 11.2. The number of esters is 2. The third kappa shape index (κ3) is 3.98. The summed E-state index contributed by atoms with van der Waals surface area (Å²) in [5.41, 5.74) is 0. The third-order valence-corrected chi connectivity index (χ3v) is 2.48. The van der Waals surface area contributed by atoms with Gasteiger partial charge in [0.15, 0.2) is 5.79 Å². The van der Waals surface area contributed by atoms with Gasteiger partial charge in [0.2, 0.25) is 0 Å². The normalized spacial score (nSPS) is 26.6. The van der Waals surface area contributed by atoms with Crippen LogP contribution < -0.4 is 0 Å². The molecule has 1 heterocycles. The number of hydrogen-bond acceptors (Lipinski definition) is 6. The Morgan fingerprint density at radius 2 is 1.35 bits per heavy atom. The lowest BCUT2D eigenvalue weighted by molar-refractivity contribution is -0.156. The molecule has 6 heteroatoms. The van der Waals surface area contributed by atoms with E-state index >= 15 is 0 Å². The summed E-state index contributed by atoms with van der Waals surface area (Å²) in [6.45, 7) is 3.46. The van der Waals surface area contributed by atoms with Crippen LogP contribution >= 0.6 is 0 Å². The van der Waals surface area contributed by atoms with Crippen molar-refractivity contribution in [3.05, 3.63) is 0 Å². The largest absolute Gasteiger partial charge is 0.469 e. The van der Waals surface area contributed by atoms with Gasteiger partial charge in [-0.2, -0.15) is 0 Å². The van der Waals surface area contributed by atoms with E-state index in [0.717, 1.165) is 0 Å². The van der Waals surface area contributed by atoms with Crippen LogP contribution in [0, 0.1) is 0 Å². The Hall–Kier alpha value is -1.14. The van der Waals surface area contributed by atoms with E-state index in [0.29, 0.717) is 0 Å². The second-order valence-electron chi connectivity index (χ2n) is 4.27. The number of carbonyl (C=O) groups excluding carboxylic acids is 2. The van der Waals surface area contributed by atoms with E-state index in [1.54, 1.807) is 13.8 Å². The van der Waals surface area contributed by atoms with Gasteiger partial charge in [0.05, 0.1) is 39.3 Å². The summed E-state index contributed by atoms with van der Waals surface area (Å²) in [6, 6.07) is 0. The number of carbonyl (C=O) groups is 2. The second-order valence-corrected chi connectivity index (χ2v) is 4.27. The molecule has 0 amide bonds. The topological polar surface area (TPSA) is 71.1 Å². The lowest BCUT2D eigenvalue weighted by atomic mass is 10.1. The molecule has 0 radical (unpaired) electrons.